The zero-order valence-electron chi connectivity index (χ0n) is 11.2. The van der Waals surface area contributed by atoms with Crippen molar-refractivity contribution >= 4 is 24.5 Å². The van der Waals surface area contributed by atoms with Crippen LogP contribution in [0.1, 0.15) is 6.92 Å². The number of methoxy groups -OCH3 is 1. The molecule has 8 nitrogen and oxygen atoms in total. The van der Waals surface area contributed by atoms with Crippen molar-refractivity contribution in [1.82, 2.24) is 5.32 Å². The lowest BCUT2D eigenvalue weighted by Gasteiger charge is -2.43. The SMILES string of the molecule is COC1OC(CO)C(O)C(OC(=O)CS)C1NC(C)=O. The van der Waals surface area contributed by atoms with Crippen LogP contribution in [0.25, 0.3) is 0 Å². The second kappa shape index (κ2) is 7.79. The van der Waals surface area contributed by atoms with Gasteiger partial charge in [0.2, 0.25) is 5.91 Å². The first-order valence-electron chi connectivity index (χ1n) is 5.99. The van der Waals surface area contributed by atoms with Crippen molar-refractivity contribution in [2.24, 2.45) is 0 Å². The van der Waals surface area contributed by atoms with Crippen LogP contribution in [0.3, 0.4) is 0 Å². The molecule has 1 aliphatic heterocycles. The van der Waals surface area contributed by atoms with E-state index in [-0.39, 0.29) is 5.75 Å². The van der Waals surface area contributed by atoms with Gasteiger partial charge in [0.1, 0.15) is 18.2 Å². The molecule has 0 aliphatic carbocycles. The molecule has 0 bridgehead atoms. The molecule has 0 aromatic rings. The summed E-state index contributed by atoms with van der Waals surface area (Å²) in [6, 6.07) is -0.890. The first kappa shape index (κ1) is 17.2. The van der Waals surface area contributed by atoms with E-state index in [0.29, 0.717) is 0 Å². The Morgan fingerprint density at radius 2 is 2.10 bits per heavy atom. The molecule has 0 aromatic heterocycles. The highest BCUT2D eigenvalue weighted by Gasteiger charge is 2.47. The summed E-state index contributed by atoms with van der Waals surface area (Å²) in [6.07, 6.45) is -4.35. The number of amides is 1. The van der Waals surface area contributed by atoms with Gasteiger partial charge in [-0.15, -0.1) is 0 Å². The van der Waals surface area contributed by atoms with E-state index < -0.39 is 49.1 Å². The van der Waals surface area contributed by atoms with Gasteiger partial charge in [0.05, 0.1) is 12.4 Å². The van der Waals surface area contributed by atoms with Gasteiger partial charge in [-0.2, -0.15) is 12.6 Å². The van der Waals surface area contributed by atoms with Gasteiger partial charge in [-0.05, 0) is 0 Å². The molecule has 0 saturated carbocycles. The highest BCUT2D eigenvalue weighted by Crippen LogP contribution is 2.24. The van der Waals surface area contributed by atoms with Crippen molar-refractivity contribution in [1.29, 1.82) is 0 Å². The molecule has 3 N–H and O–H groups in total. The number of esters is 1. The third-order valence-corrected chi connectivity index (χ3v) is 3.11. The third-order valence-electron chi connectivity index (χ3n) is 2.85. The minimum atomic E-state index is -1.30. The summed E-state index contributed by atoms with van der Waals surface area (Å²) in [5.41, 5.74) is 0. The van der Waals surface area contributed by atoms with E-state index in [1.54, 1.807) is 0 Å². The van der Waals surface area contributed by atoms with Crippen molar-refractivity contribution < 1.29 is 34.0 Å². The first-order valence-corrected chi connectivity index (χ1v) is 6.62. The zero-order chi connectivity index (χ0) is 15.3. The highest BCUT2D eigenvalue weighted by molar-refractivity contribution is 7.81. The van der Waals surface area contributed by atoms with E-state index >= 15 is 0 Å². The largest absolute Gasteiger partial charge is 0.456 e. The Labute approximate surface area is 121 Å². The lowest BCUT2D eigenvalue weighted by atomic mass is 9.96. The molecule has 1 heterocycles. The topological polar surface area (TPSA) is 114 Å². The van der Waals surface area contributed by atoms with Crippen LogP contribution in [0.2, 0.25) is 0 Å². The summed E-state index contributed by atoms with van der Waals surface area (Å²) in [5, 5.41) is 21.7. The Morgan fingerprint density at radius 3 is 2.55 bits per heavy atom. The number of ether oxygens (including phenoxy) is 3. The van der Waals surface area contributed by atoms with Crippen LogP contribution in [0, 0.1) is 0 Å². The molecule has 1 amide bonds. The van der Waals surface area contributed by atoms with E-state index in [1.165, 1.54) is 14.0 Å². The quantitative estimate of drug-likeness (QED) is 0.345. The maximum atomic E-state index is 11.4. The van der Waals surface area contributed by atoms with Gasteiger partial charge in [-0.1, -0.05) is 0 Å². The number of carbonyl (C=O) groups is 2. The molecule has 1 rings (SSSR count). The number of carbonyl (C=O) groups excluding carboxylic acids is 2. The molecule has 0 spiro atoms. The number of rotatable bonds is 5. The Bertz CT molecular complexity index is 354. The molecule has 1 fully saturated rings. The molecule has 9 heteroatoms. The van der Waals surface area contributed by atoms with Gasteiger partial charge < -0.3 is 29.7 Å². The number of hydrogen-bond acceptors (Lipinski definition) is 8. The number of nitrogens with one attached hydrogen (secondary N) is 1. The predicted octanol–water partition coefficient (Wildman–Crippen LogP) is -1.94. The minimum Gasteiger partial charge on any atom is -0.456 e. The fraction of sp³-hybridized carbons (Fsp3) is 0.818. The van der Waals surface area contributed by atoms with Gasteiger partial charge in [0.15, 0.2) is 12.4 Å². The van der Waals surface area contributed by atoms with E-state index in [4.69, 9.17) is 19.3 Å². The van der Waals surface area contributed by atoms with Gasteiger partial charge in [0, 0.05) is 14.0 Å². The van der Waals surface area contributed by atoms with E-state index in [1.807, 2.05) is 0 Å². The summed E-state index contributed by atoms with van der Waals surface area (Å²) >= 11 is 3.78. The number of aliphatic hydroxyl groups is 2. The molecule has 1 saturated heterocycles. The number of thiol groups is 1. The molecule has 20 heavy (non-hydrogen) atoms. The van der Waals surface area contributed by atoms with Crippen LogP contribution in [0.4, 0.5) is 0 Å². The van der Waals surface area contributed by atoms with Crippen molar-refractivity contribution in [3.8, 4) is 0 Å². The second-order valence-corrected chi connectivity index (χ2v) is 4.61. The molecular weight excluding hydrogens is 290 g/mol. The maximum absolute atomic E-state index is 11.4. The van der Waals surface area contributed by atoms with E-state index in [0.717, 1.165) is 0 Å². The summed E-state index contributed by atoms with van der Waals surface area (Å²) in [6.45, 7) is 0.789. The molecular formula is C11H19NO7S. The lowest BCUT2D eigenvalue weighted by Crippen LogP contribution is -2.65. The summed E-state index contributed by atoms with van der Waals surface area (Å²) in [4.78, 5) is 22.6. The van der Waals surface area contributed by atoms with E-state index in [9.17, 15) is 14.7 Å². The molecule has 5 atom stereocenters. The fourth-order valence-electron chi connectivity index (χ4n) is 1.99. The standard InChI is InChI=1S/C11H19NO7S/c1-5(14)12-8-10(19-7(15)4-20)9(16)6(3-13)18-11(8)17-2/h6,8-11,13,16,20H,3-4H2,1-2H3,(H,12,14). The van der Waals surface area contributed by atoms with Crippen LogP contribution in [-0.2, 0) is 23.8 Å². The van der Waals surface area contributed by atoms with E-state index in [2.05, 4.69) is 17.9 Å². The number of aliphatic hydroxyl groups excluding tert-OH is 2. The molecule has 116 valence electrons. The first-order chi connectivity index (χ1) is 9.44. The normalized spacial score (nSPS) is 33.5. The van der Waals surface area contributed by atoms with Crippen LogP contribution in [0.5, 0.6) is 0 Å². The maximum Gasteiger partial charge on any atom is 0.316 e. The molecule has 0 radical (unpaired) electrons. The zero-order valence-corrected chi connectivity index (χ0v) is 12.1. The Kier molecular flexibility index (Phi) is 6.69. The van der Waals surface area contributed by atoms with Crippen molar-refractivity contribution in [3.05, 3.63) is 0 Å². The monoisotopic (exact) mass is 309 g/mol. The van der Waals surface area contributed by atoms with Crippen molar-refractivity contribution in [2.75, 3.05) is 19.5 Å². The third kappa shape index (κ3) is 4.06. The van der Waals surface area contributed by atoms with Crippen molar-refractivity contribution in [2.45, 2.75) is 37.6 Å². The molecule has 0 aromatic carbocycles. The van der Waals surface area contributed by atoms with Crippen molar-refractivity contribution in [3.63, 3.8) is 0 Å². The molecule has 1 aliphatic rings. The van der Waals surface area contributed by atoms with Crippen LogP contribution >= 0.6 is 12.6 Å². The van der Waals surface area contributed by atoms with Crippen LogP contribution in [0.15, 0.2) is 0 Å². The van der Waals surface area contributed by atoms with Crippen LogP contribution < -0.4 is 5.32 Å². The van der Waals surface area contributed by atoms with Gasteiger partial charge in [-0.25, -0.2) is 0 Å². The van der Waals surface area contributed by atoms with Gasteiger partial charge >= 0.3 is 5.97 Å². The summed E-state index contributed by atoms with van der Waals surface area (Å²) in [5.74, 6) is -1.25. The average molecular weight is 309 g/mol. The van der Waals surface area contributed by atoms with Gasteiger partial charge in [-0.3, -0.25) is 9.59 Å². The minimum absolute atomic E-state index is 0.182. The second-order valence-electron chi connectivity index (χ2n) is 4.29. The Hall–Kier alpha value is -0.870. The Balaban J connectivity index is 2.97. The number of hydrogen-bond donors (Lipinski definition) is 4. The highest BCUT2D eigenvalue weighted by atomic mass is 32.1. The average Bonchev–Trinajstić information content (AvgIpc) is 2.42. The summed E-state index contributed by atoms with van der Waals surface area (Å²) in [7, 11) is 1.34. The smallest absolute Gasteiger partial charge is 0.316 e. The summed E-state index contributed by atoms with van der Waals surface area (Å²) < 4.78 is 15.4. The fourth-order valence-corrected chi connectivity index (χ4v) is 2.06. The van der Waals surface area contributed by atoms with Crippen LogP contribution in [-0.4, -0.2) is 72.2 Å². The molecule has 5 unspecified atom stereocenters. The predicted molar refractivity (Wildman–Crippen MR) is 70.1 cm³/mol. The lowest BCUT2D eigenvalue weighted by molar-refractivity contribution is -0.266. The Morgan fingerprint density at radius 1 is 1.45 bits per heavy atom. The van der Waals surface area contributed by atoms with Gasteiger partial charge in [0.25, 0.3) is 0 Å².